The highest BCUT2D eigenvalue weighted by Crippen LogP contribution is 2.29. The number of halogens is 1. The molecular formula is C17H21ClN2O4. The van der Waals surface area contributed by atoms with Crippen molar-refractivity contribution < 1.29 is 19.8 Å². The molecule has 1 saturated heterocycles. The molecule has 0 radical (unpaired) electrons. The van der Waals surface area contributed by atoms with Crippen LogP contribution in [0.15, 0.2) is 24.3 Å². The lowest BCUT2D eigenvalue weighted by Crippen LogP contribution is -2.39. The summed E-state index contributed by atoms with van der Waals surface area (Å²) in [5, 5.41) is 22.5. The van der Waals surface area contributed by atoms with Crippen molar-refractivity contribution in [3.63, 3.8) is 0 Å². The summed E-state index contributed by atoms with van der Waals surface area (Å²) in [5.74, 6) is -0.850. The number of hydrogen-bond donors (Lipinski definition) is 3. The molecule has 130 valence electrons. The topological polar surface area (TPSA) is 89.9 Å². The molecule has 1 saturated carbocycles. The van der Waals surface area contributed by atoms with Gasteiger partial charge in [0, 0.05) is 42.2 Å². The van der Waals surface area contributed by atoms with Crippen LogP contribution in [-0.2, 0) is 9.59 Å². The zero-order valence-electron chi connectivity index (χ0n) is 13.2. The lowest BCUT2D eigenvalue weighted by atomic mass is 10.1. The summed E-state index contributed by atoms with van der Waals surface area (Å²) < 4.78 is 0. The van der Waals surface area contributed by atoms with E-state index in [1.165, 1.54) is 0 Å². The standard InChI is InChI=1S/C17H21ClN2O4/c18-12-1-3-14(4-2-12)20-8-10(6-16(20)23)17(24)19-13-5-11(9-21)15(22)7-13/h1-4,10-11,13,15,21-22H,5-9H2,(H,19,24)/t10-,11+,13-,15-/m0/s1. The van der Waals surface area contributed by atoms with Gasteiger partial charge in [-0.2, -0.15) is 0 Å². The van der Waals surface area contributed by atoms with Gasteiger partial charge in [-0.15, -0.1) is 0 Å². The number of aliphatic hydroxyl groups excluding tert-OH is 2. The molecule has 24 heavy (non-hydrogen) atoms. The molecule has 2 amide bonds. The highest BCUT2D eigenvalue weighted by atomic mass is 35.5. The average Bonchev–Trinajstić information content (AvgIpc) is 3.11. The van der Waals surface area contributed by atoms with Gasteiger partial charge >= 0.3 is 0 Å². The van der Waals surface area contributed by atoms with Gasteiger partial charge in [0.1, 0.15) is 0 Å². The van der Waals surface area contributed by atoms with Crippen LogP contribution in [0, 0.1) is 11.8 Å². The Hall–Kier alpha value is -1.63. The Balaban J connectivity index is 1.59. The largest absolute Gasteiger partial charge is 0.396 e. The van der Waals surface area contributed by atoms with Crippen LogP contribution >= 0.6 is 11.6 Å². The van der Waals surface area contributed by atoms with Gasteiger partial charge in [-0.05, 0) is 37.1 Å². The van der Waals surface area contributed by atoms with Crippen LogP contribution in [0.3, 0.4) is 0 Å². The van der Waals surface area contributed by atoms with Gasteiger partial charge in [0.15, 0.2) is 0 Å². The van der Waals surface area contributed by atoms with E-state index in [9.17, 15) is 19.8 Å². The third-order valence-corrected chi connectivity index (χ3v) is 5.12. The summed E-state index contributed by atoms with van der Waals surface area (Å²) in [6.45, 7) is 0.255. The van der Waals surface area contributed by atoms with Crippen molar-refractivity contribution in [2.75, 3.05) is 18.1 Å². The van der Waals surface area contributed by atoms with Gasteiger partial charge in [0.25, 0.3) is 0 Å². The zero-order chi connectivity index (χ0) is 17.3. The fourth-order valence-corrected chi connectivity index (χ4v) is 3.62. The maximum atomic E-state index is 12.4. The van der Waals surface area contributed by atoms with E-state index in [2.05, 4.69) is 5.32 Å². The number of anilines is 1. The lowest BCUT2D eigenvalue weighted by Gasteiger charge is -2.18. The van der Waals surface area contributed by atoms with E-state index < -0.39 is 12.0 Å². The van der Waals surface area contributed by atoms with E-state index in [0.29, 0.717) is 24.4 Å². The molecule has 1 aromatic rings. The number of carbonyl (C=O) groups is 2. The van der Waals surface area contributed by atoms with Crippen molar-refractivity contribution in [2.45, 2.75) is 31.4 Å². The Morgan fingerprint density at radius 3 is 2.62 bits per heavy atom. The number of rotatable bonds is 4. The van der Waals surface area contributed by atoms with Crippen molar-refractivity contribution in [3.8, 4) is 0 Å². The summed E-state index contributed by atoms with van der Waals surface area (Å²) in [4.78, 5) is 26.2. The molecule has 2 aliphatic rings. The minimum Gasteiger partial charge on any atom is -0.396 e. The smallest absolute Gasteiger partial charge is 0.227 e. The van der Waals surface area contributed by atoms with Crippen molar-refractivity contribution in [1.29, 1.82) is 0 Å². The van der Waals surface area contributed by atoms with Gasteiger partial charge in [-0.3, -0.25) is 9.59 Å². The first kappa shape index (κ1) is 17.2. The predicted molar refractivity (Wildman–Crippen MR) is 89.7 cm³/mol. The molecular weight excluding hydrogens is 332 g/mol. The minimum atomic E-state index is -0.587. The Morgan fingerprint density at radius 2 is 2.00 bits per heavy atom. The van der Waals surface area contributed by atoms with E-state index in [0.717, 1.165) is 5.69 Å². The third-order valence-electron chi connectivity index (χ3n) is 4.87. The Morgan fingerprint density at radius 1 is 1.29 bits per heavy atom. The van der Waals surface area contributed by atoms with E-state index in [1.807, 2.05) is 0 Å². The Labute approximate surface area is 145 Å². The summed E-state index contributed by atoms with van der Waals surface area (Å²) in [5.41, 5.74) is 0.733. The van der Waals surface area contributed by atoms with Crippen molar-refractivity contribution in [3.05, 3.63) is 29.3 Å². The fraction of sp³-hybridized carbons (Fsp3) is 0.529. The number of benzene rings is 1. The quantitative estimate of drug-likeness (QED) is 0.752. The molecule has 3 N–H and O–H groups in total. The first-order chi connectivity index (χ1) is 11.5. The molecule has 1 aliphatic carbocycles. The summed E-state index contributed by atoms with van der Waals surface area (Å²) in [6.07, 6.45) is 0.590. The van der Waals surface area contributed by atoms with Gasteiger partial charge in [0.2, 0.25) is 11.8 Å². The van der Waals surface area contributed by atoms with Gasteiger partial charge in [-0.1, -0.05) is 11.6 Å². The number of amides is 2. The number of nitrogens with zero attached hydrogens (tertiary/aromatic N) is 1. The lowest BCUT2D eigenvalue weighted by molar-refractivity contribution is -0.126. The molecule has 1 aliphatic heterocycles. The second kappa shape index (κ2) is 7.09. The number of aliphatic hydroxyl groups is 2. The van der Waals surface area contributed by atoms with Crippen molar-refractivity contribution in [2.24, 2.45) is 11.8 Å². The molecule has 6 nitrogen and oxygen atoms in total. The van der Waals surface area contributed by atoms with Crippen LogP contribution in [0.1, 0.15) is 19.3 Å². The van der Waals surface area contributed by atoms with E-state index in [1.54, 1.807) is 29.2 Å². The monoisotopic (exact) mass is 352 g/mol. The highest BCUT2D eigenvalue weighted by molar-refractivity contribution is 6.30. The molecule has 4 atom stereocenters. The Kier molecular flexibility index (Phi) is 5.08. The van der Waals surface area contributed by atoms with Gasteiger partial charge < -0.3 is 20.4 Å². The highest BCUT2D eigenvalue weighted by Gasteiger charge is 2.38. The molecule has 3 rings (SSSR count). The summed E-state index contributed by atoms with van der Waals surface area (Å²) in [6, 6.07) is 6.81. The minimum absolute atomic E-state index is 0.0835. The number of hydrogen-bond acceptors (Lipinski definition) is 4. The van der Waals surface area contributed by atoms with Crippen LogP contribution in [0.2, 0.25) is 5.02 Å². The number of carbonyl (C=O) groups excluding carboxylic acids is 2. The summed E-state index contributed by atoms with van der Waals surface area (Å²) >= 11 is 5.86. The summed E-state index contributed by atoms with van der Waals surface area (Å²) in [7, 11) is 0. The second-order valence-electron chi connectivity index (χ2n) is 6.57. The van der Waals surface area contributed by atoms with E-state index in [-0.39, 0.29) is 36.8 Å². The zero-order valence-corrected chi connectivity index (χ0v) is 13.9. The first-order valence-corrected chi connectivity index (χ1v) is 8.51. The van der Waals surface area contributed by atoms with Crippen LogP contribution < -0.4 is 10.2 Å². The maximum absolute atomic E-state index is 12.4. The van der Waals surface area contributed by atoms with Crippen molar-refractivity contribution >= 4 is 29.1 Å². The third kappa shape index (κ3) is 3.55. The molecule has 0 unspecified atom stereocenters. The van der Waals surface area contributed by atoms with E-state index >= 15 is 0 Å². The van der Waals surface area contributed by atoms with Gasteiger partial charge in [0.05, 0.1) is 12.0 Å². The average molecular weight is 353 g/mol. The fourth-order valence-electron chi connectivity index (χ4n) is 3.49. The molecule has 0 aromatic heterocycles. The van der Waals surface area contributed by atoms with E-state index in [4.69, 9.17) is 11.6 Å². The van der Waals surface area contributed by atoms with Crippen LogP contribution in [0.5, 0.6) is 0 Å². The molecule has 0 bridgehead atoms. The second-order valence-corrected chi connectivity index (χ2v) is 7.01. The van der Waals surface area contributed by atoms with Gasteiger partial charge in [-0.25, -0.2) is 0 Å². The van der Waals surface area contributed by atoms with Crippen LogP contribution in [-0.4, -0.2) is 47.3 Å². The number of nitrogens with one attached hydrogen (secondary N) is 1. The van der Waals surface area contributed by atoms with Crippen molar-refractivity contribution in [1.82, 2.24) is 5.32 Å². The normalized spacial score (nSPS) is 30.0. The van der Waals surface area contributed by atoms with Crippen LogP contribution in [0.25, 0.3) is 0 Å². The van der Waals surface area contributed by atoms with Crippen LogP contribution in [0.4, 0.5) is 5.69 Å². The predicted octanol–water partition coefficient (Wildman–Crippen LogP) is 0.941. The first-order valence-electron chi connectivity index (χ1n) is 8.13. The molecule has 7 heteroatoms. The Bertz CT molecular complexity index is 622. The SMILES string of the molecule is O=C(N[C@H]1C[C@H](CO)[C@@H](O)C1)[C@H]1CC(=O)N(c2ccc(Cl)cc2)C1. The maximum Gasteiger partial charge on any atom is 0.227 e. The molecule has 0 spiro atoms. The molecule has 1 heterocycles. The molecule has 2 fully saturated rings. The molecule has 1 aromatic carbocycles.